The number of hydrogen-bond acceptors (Lipinski definition) is 5. The second-order valence-corrected chi connectivity index (χ2v) is 5.43. The molecular weight excluding hydrogens is 254 g/mol. The zero-order chi connectivity index (χ0) is 14.7. The Bertz CT molecular complexity index is 490. The predicted octanol–water partition coefficient (Wildman–Crippen LogP) is 1.59. The molecule has 110 valence electrons. The number of hydrogen-bond donors (Lipinski definition) is 1. The fraction of sp³-hybridized carbons (Fsp3) is 0.533. The summed E-state index contributed by atoms with van der Waals surface area (Å²) in [5.74, 6) is -0.336. The molecule has 5 nitrogen and oxygen atoms in total. The first kappa shape index (κ1) is 14.7. The molecule has 1 saturated heterocycles. The molecule has 1 aliphatic heterocycles. The Morgan fingerprint density at radius 2 is 2.15 bits per heavy atom. The molecule has 5 heteroatoms. The minimum absolute atomic E-state index is 0.336. The molecule has 20 heavy (non-hydrogen) atoms. The summed E-state index contributed by atoms with van der Waals surface area (Å²) in [7, 11) is 3.53. The van der Waals surface area contributed by atoms with Gasteiger partial charge in [0.25, 0.3) is 0 Å². The average molecular weight is 277 g/mol. The van der Waals surface area contributed by atoms with Gasteiger partial charge in [-0.2, -0.15) is 0 Å². The summed E-state index contributed by atoms with van der Waals surface area (Å²) >= 11 is 0. The normalized spacial score (nSPS) is 20.6. The summed E-state index contributed by atoms with van der Waals surface area (Å²) < 4.78 is 4.88. The number of carbonyl (C=O) groups excluding carboxylic acids is 1. The van der Waals surface area contributed by atoms with Crippen molar-refractivity contribution in [2.45, 2.75) is 19.4 Å². The Kier molecular flexibility index (Phi) is 4.49. The van der Waals surface area contributed by atoms with Crippen LogP contribution in [0.2, 0.25) is 0 Å². The zero-order valence-electron chi connectivity index (χ0n) is 12.4. The lowest BCUT2D eigenvalue weighted by atomic mass is 10.1. The number of ether oxygens (including phenoxy) is 1. The van der Waals surface area contributed by atoms with E-state index in [0.717, 1.165) is 31.7 Å². The van der Waals surface area contributed by atoms with Crippen LogP contribution in [-0.4, -0.2) is 50.7 Å². The van der Waals surface area contributed by atoms with Crippen LogP contribution in [0.1, 0.15) is 23.7 Å². The van der Waals surface area contributed by atoms with E-state index in [2.05, 4.69) is 23.8 Å². The molecule has 0 bridgehead atoms. The number of anilines is 2. The van der Waals surface area contributed by atoms with E-state index in [0.29, 0.717) is 17.3 Å². The number of nitrogens with two attached hydrogens (primary N) is 1. The first-order valence-electron chi connectivity index (χ1n) is 6.96. The van der Waals surface area contributed by atoms with Crippen molar-refractivity contribution in [1.29, 1.82) is 0 Å². The minimum atomic E-state index is -0.336. The van der Waals surface area contributed by atoms with Gasteiger partial charge in [-0.3, -0.25) is 0 Å². The van der Waals surface area contributed by atoms with Gasteiger partial charge in [-0.05, 0) is 45.1 Å². The zero-order valence-corrected chi connectivity index (χ0v) is 12.4. The van der Waals surface area contributed by atoms with E-state index in [1.165, 1.54) is 7.11 Å². The van der Waals surface area contributed by atoms with Gasteiger partial charge in [0.2, 0.25) is 0 Å². The number of benzene rings is 1. The molecule has 0 radical (unpaired) electrons. The monoisotopic (exact) mass is 277 g/mol. The highest BCUT2D eigenvalue weighted by molar-refractivity contribution is 5.97. The molecule has 2 N–H and O–H groups in total. The average Bonchev–Trinajstić information content (AvgIpc) is 2.58. The fourth-order valence-corrected chi connectivity index (χ4v) is 2.81. The lowest BCUT2D eigenvalue weighted by Crippen LogP contribution is -2.38. The Morgan fingerprint density at radius 3 is 2.85 bits per heavy atom. The SMILES string of the molecule is COC(=O)c1cc(N)ccc1N1CCCN(C)CC1C. The van der Waals surface area contributed by atoms with E-state index < -0.39 is 0 Å². The van der Waals surface area contributed by atoms with Crippen molar-refractivity contribution in [1.82, 2.24) is 4.90 Å². The van der Waals surface area contributed by atoms with Crippen LogP contribution in [-0.2, 0) is 4.74 Å². The van der Waals surface area contributed by atoms with Gasteiger partial charge in [-0.1, -0.05) is 0 Å². The topological polar surface area (TPSA) is 58.8 Å². The number of carbonyl (C=O) groups is 1. The molecule has 2 rings (SSSR count). The summed E-state index contributed by atoms with van der Waals surface area (Å²) in [4.78, 5) is 16.6. The molecule has 0 aromatic heterocycles. The van der Waals surface area contributed by atoms with Crippen molar-refractivity contribution in [3.63, 3.8) is 0 Å². The van der Waals surface area contributed by atoms with E-state index in [9.17, 15) is 4.79 Å². The molecule has 0 spiro atoms. The highest BCUT2D eigenvalue weighted by Crippen LogP contribution is 2.27. The Hall–Kier alpha value is -1.75. The molecule has 1 aromatic rings. The van der Waals surface area contributed by atoms with Crippen molar-refractivity contribution in [2.24, 2.45) is 0 Å². The van der Waals surface area contributed by atoms with Gasteiger partial charge < -0.3 is 20.3 Å². The van der Waals surface area contributed by atoms with Gasteiger partial charge in [0.15, 0.2) is 0 Å². The van der Waals surface area contributed by atoms with Gasteiger partial charge >= 0.3 is 5.97 Å². The second-order valence-electron chi connectivity index (χ2n) is 5.43. The van der Waals surface area contributed by atoms with Crippen molar-refractivity contribution in [3.8, 4) is 0 Å². The molecule has 0 aliphatic carbocycles. The third-order valence-corrected chi connectivity index (χ3v) is 3.78. The minimum Gasteiger partial charge on any atom is -0.465 e. The van der Waals surface area contributed by atoms with E-state index in [1.54, 1.807) is 6.07 Å². The van der Waals surface area contributed by atoms with Crippen LogP contribution < -0.4 is 10.6 Å². The van der Waals surface area contributed by atoms with Crippen LogP contribution in [0.4, 0.5) is 11.4 Å². The summed E-state index contributed by atoms with van der Waals surface area (Å²) in [6.07, 6.45) is 1.08. The molecule has 0 saturated carbocycles. The predicted molar refractivity (Wildman–Crippen MR) is 81.1 cm³/mol. The molecule has 0 amide bonds. The van der Waals surface area contributed by atoms with Crippen LogP contribution in [0.15, 0.2) is 18.2 Å². The first-order chi connectivity index (χ1) is 9.52. The van der Waals surface area contributed by atoms with Crippen molar-refractivity contribution < 1.29 is 9.53 Å². The van der Waals surface area contributed by atoms with Crippen LogP contribution >= 0.6 is 0 Å². The quantitative estimate of drug-likeness (QED) is 0.657. The molecule has 1 heterocycles. The van der Waals surface area contributed by atoms with Crippen molar-refractivity contribution in [3.05, 3.63) is 23.8 Å². The van der Waals surface area contributed by atoms with Crippen LogP contribution in [0.5, 0.6) is 0 Å². The molecule has 1 fully saturated rings. The second kappa shape index (κ2) is 6.13. The van der Waals surface area contributed by atoms with Crippen LogP contribution in [0, 0.1) is 0 Å². The van der Waals surface area contributed by atoms with Crippen LogP contribution in [0.25, 0.3) is 0 Å². The van der Waals surface area contributed by atoms with Gasteiger partial charge in [0, 0.05) is 24.8 Å². The largest absolute Gasteiger partial charge is 0.465 e. The number of rotatable bonds is 2. The third-order valence-electron chi connectivity index (χ3n) is 3.78. The number of esters is 1. The molecule has 1 aliphatic rings. The molecule has 1 unspecified atom stereocenters. The van der Waals surface area contributed by atoms with Crippen molar-refractivity contribution in [2.75, 3.05) is 44.4 Å². The summed E-state index contributed by atoms with van der Waals surface area (Å²) in [6, 6.07) is 5.80. The summed E-state index contributed by atoms with van der Waals surface area (Å²) in [5, 5.41) is 0. The number of likely N-dealkylation sites (N-methyl/N-ethyl adjacent to an activating group) is 1. The maximum absolute atomic E-state index is 12.0. The van der Waals surface area contributed by atoms with E-state index in [4.69, 9.17) is 10.5 Å². The lowest BCUT2D eigenvalue weighted by Gasteiger charge is -2.31. The van der Waals surface area contributed by atoms with E-state index in [1.807, 2.05) is 12.1 Å². The summed E-state index contributed by atoms with van der Waals surface area (Å²) in [5.41, 5.74) is 7.84. The lowest BCUT2D eigenvalue weighted by molar-refractivity contribution is 0.0601. The van der Waals surface area contributed by atoms with Gasteiger partial charge in [0.1, 0.15) is 0 Å². The first-order valence-corrected chi connectivity index (χ1v) is 6.96. The molecule has 1 aromatic carbocycles. The summed E-state index contributed by atoms with van der Waals surface area (Å²) in [6.45, 7) is 5.16. The maximum Gasteiger partial charge on any atom is 0.340 e. The Balaban J connectivity index is 2.37. The number of nitrogen functional groups attached to an aromatic ring is 1. The number of methoxy groups -OCH3 is 1. The van der Waals surface area contributed by atoms with Crippen molar-refractivity contribution >= 4 is 17.3 Å². The standard InChI is InChI=1S/C15H23N3O2/c1-11-10-17(2)7-4-8-18(11)14-6-5-12(16)9-13(14)15(19)20-3/h5-6,9,11H,4,7-8,10,16H2,1-3H3. The van der Waals surface area contributed by atoms with Gasteiger partial charge in [-0.15, -0.1) is 0 Å². The molecular formula is C15H23N3O2. The Labute approximate surface area is 120 Å². The molecule has 1 atom stereocenters. The third kappa shape index (κ3) is 3.04. The van der Waals surface area contributed by atoms with Crippen LogP contribution in [0.3, 0.4) is 0 Å². The maximum atomic E-state index is 12.0. The Morgan fingerprint density at radius 1 is 1.40 bits per heavy atom. The highest BCUT2D eigenvalue weighted by atomic mass is 16.5. The van der Waals surface area contributed by atoms with Gasteiger partial charge in [0.05, 0.1) is 18.4 Å². The smallest absolute Gasteiger partial charge is 0.340 e. The van der Waals surface area contributed by atoms with E-state index in [-0.39, 0.29) is 5.97 Å². The van der Waals surface area contributed by atoms with E-state index >= 15 is 0 Å². The van der Waals surface area contributed by atoms with Gasteiger partial charge in [-0.25, -0.2) is 4.79 Å². The highest BCUT2D eigenvalue weighted by Gasteiger charge is 2.24. The fourth-order valence-electron chi connectivity index (χ4n) is 2.81. The number of nitrogens with zero attached hydrogens (tertiary/aromatic N) is 2.